The van der Waals surface area contributed by atoms with E-state index in [-0.39, 0.29) is 5.91 Å². The summed E-state index contributed by atoms with van der Waals surface area (Å²) in [6.07, 6.45) is 3.46. The van der Waals surface area contributed by atoms with Crippen LogP contribution in [0.2, 0.25) is 0 Å². The van der Waals surface area contributed by atoms with Crippen molar-refractivity contribution in [2.75, 3.05) is 39.8 Å². The van der Waals surface area contributed by atoms with Crippen molar-refractivity contribution in [2.24, 2.45) is 0 Å². The van der Waals surface area contributed by atoms with Crippen LogP contribution in [0.3, 0.4) is 0 Å². The lowest BCUT2D eigenvalue weighted by Crippen LogP contribution is -2.47. The summed E-state index contributed by atoms with van der Waals surface area (Å²) in [5.41, 5.74) is 0. The smallest absolute Gasteiger partial charge is 0.236 e. The van der Waals surface area contributed by atoms with Crippen molar-refractivity contribution in [2.45, 2.75) is 39.2 Å². The highest BCUT2D eigenvalue weighted by Gasteiger charge is 2.22. The van der Waals surface area contributed by atoms with Crippen LogP contribution in [0.15, 0.2) is 0 Å². The fourth-order valence-corrected chi connectivity index (χ4v) is 2.32. The third-order valence-electron chi connectivity index (χ3n) is 3.57. The van der Waals surface area contributed by atoms with Gasteiger partial charge >= 0.3 is 0 Å². The molecular weight excluding hydrogens is 214 g/mol. The molecule has 0 bridgehead atoms. The molecule has 0 aromatic rings. The second kappa shape index (κ2) is 7.67. The molecule has 0 aromatic heterocycles. The molecule has 0 aromatic carbocycles. The molecule has 0 spiro atoms. The molecule has 0 radical (unpaired) electrons. The summed E-state index contributed by atoms with van der Waals surface area (Å²) in [7, 11) is 1.88. The van der Waals surface area contributed by atoms with Crippen molar-refractivity contribution >= 4 is 5.91 Å². The number of hydrogen-bond acceptors (Lipinski definition) is 3. The maximum atomic E-state index is 12.0. The van der Waals surface area contributed by atoms with Crippen LogP contribution in [0.4, 0.5) is 0 Å². The second-order valence-corrected chi connectivity index (χ2v) is 4.86. The largest absolute Gasteiger partial charge is 0.345 e. The lowest BCUT2D eigenvalue weighted by Gasteiger charge is -2.34. The molecule has 1 aliphatic rings. The molecule has 0 aliphatic carbocycles. The van der Waals surface area contributed by atoms with Gasteiger partial charge in [-0.15, -0.1) is 0 Å². The lowest BCUT2D eigenvalue weighted by molar-refractivity contribution is -0.131. The minimum absolute atomic E-state index is 0.250. The molecule has 0 unspecified atom stereocenters. The van der Waals surface area contributed by atoms with Gasteiger partial charge in [-0.3, -0.25) is 9.69 Å². The average Bonchev–Trinajstić information content (AvgIpc) is 2.38. The van der Waals surface area contributed by atoms with E-state index in [1.54, 1.807) is 0 Å². The number of carbonyl (C=O) groups is 1. The Labute approximate surface area is 105 Å². The first-order chi connectivity index (χ1) is 8.19. The number of piperidine rings is 1. The molecule has 0 atom stereocenters. The second-order valence-electron chi connectivity index (χ2n) is 4.86. The van der Waals surface area contributed by atoms with Gasteiger partial charge in [0.05, 0.1) is 6.54 Å². The van der Waals surface area contributed by atoms with Crippen LogP contribution in [0.25, 0.3) is 0 Å². The number of rotatable bonds is 6. The highest BCUT2D eigenvalue weighted by atomic mass is 16.2. The van der Waals surface area contributed by atoms with Crippen LogP contribution >= 0.6 is 0 Å². The normalized spacial score (nSPS) is 17.4. The number of amides is 1. The first-order valence-corrected chi connectivity index (χ1v) is 6.87. The minimum atomic E-state index is 0.250. The number of carbonyl (C=O) groups excluding carboxylic acids is 1. The van der Waals surface area contributed by atoms with Crippen molar-refractivity contribution in [1.29, 1.82) is 0 Å². The van der Waals surface area contributed by atoms with Gasteiger partial charge in [0.25, 0.3) is 0 Å². The first kappa shape index (κ1) is 14.5. The van der Waals surface area contributed by atoms with Gasteiger partial charge in [0.15, 0.2) is 0 Å². The Bertz CT molecular complexity index is 227. The van der Waals surface area contributed by atoms with Crippen molar-refractivity contribution in [3.05, 3.63) is 0 Å². The number of nitrogens with one attached hydrogen (secondary N) is 1. The van der Waals surface area contributed by atoms with Crippen LogP contribution in [0.5, 0.6) is 0 Å². The third kappa shape index (κ3) is 4.64. The minimum Gasteiger partial charge on any atom is -0.345 e. The Morgan fingerprint density at radius 3 is 2.47 bits per heavy atom. The Morgan fingerprint density at radius 1 is 1.29 bits per heavy atom. The SMILES string of the molecule is CCCN(CC(=O)N(C)CC)C1CCNCC1. The summed E-state index contributed by atoms with van der Waals surface area (Å²) < 4.78 is 0. The van der Waals surface area contributed by atoms with Gasteiger partial charge < -0.3 is 10.2 Å². The van der Waals surface area contributed by atoms with E-state index in [2.05, 4.69) is 17.1 Å². The van der Waals surface area contributed by atoms with E-state index >= 15 is 0 Å². The Kier molecular flexibility index (Phi) is 6.52. The molecule has 100 valence electrons. The van der Waals surface area contributed by atoms with Crippen LogP contribution in [-0.2, 0) is 4.79 Å². The van der Waals surface area contributed by atoms with Gasteiger partial charge in [-0.05, 0) is 45.8 Å². The van der Waals surface area contributed by atoms with Crippen molar-refractivity contribution in [3.8, 4) is 0 Å². The molecule has 1 aliphatic heterocycles. The van der Waals surface area contributed by atoms with Crippen LogP contribution in [-0.4, -0.2) is 61.5 Å². The van der Waals surface area contributed by atoms with E-state index in [0.29, 0.717) is 12.6 Å². The fraction of sp³-hybridized carbons (Fsp3) is 0.923. The highest BCUT2D eigenvalue weighted by molar-refractivity contribution is 5.77. The molecule has 4 heteroatoms. The van der Waals surface area contributed by atoms with Gasteiger partial charge in [-0.25, -0.2) is 0 Å². The monoisotopic (exact) mass is 241 g/mol. The summed E-state index contributed by atoms with van der Waals surface area (Å²) in [6, 6.07) is 0.588. The van der Waals surface area contributed by atoms with E-state index < -0.39 is 0 Å². The summed E-state index contributed by atoms with van der Waals surface area (Å²) in [5.74, 6) is 0.250. The van der Waals surface area contributed by atoms with Gasteiger partial charge in [0.2, 0.25) is 5.91 Å². The van der Waals surface area contributed by atoms with E-state index in [1.807, 2.05) is 18.9 Å². The zero-order chi connectivity index (χ0) is 12.7. The maximum Gasteiger partial charge on any atom is 0.236 e. The van der Waals surface area contributed by atoms with E-state index in [9.17, 15) is 4.79 Å². The first-order valence-electron chi connectivity index (χ1n) is 6.87. The van der Waals surface area contributed by atoms with E-state index in [4.69, 9.17) is 0 Å². The topological polar surface area (TPSA) is 35.6 Å². The number of likely N-dealkylation sites (N-methyl/N-ethyl adjacent to an activating group) is 1. The van der Waals surface area contributed by atoms with Gasteiger partial charge in [0.1, 0.15) is 0 Å². The lowest BCUT2D eigenvalue weighted by atomic mass is 10.0. The molecule has 1 saturated heterocycles. The summed E-state index contributed by atoms with van der Waals surface area (Å²) in [4.78, 5) is 16.2. The molecule has 1 fully saturated rings. The third-order valence-corrected chi connectivity index (χ3v) is 3.57. The predicted molar refractivity (Wildman–Crippen MR) is 71.1 cm³/mol. The van der Waals surface area contributed by atoms with Gasteiger partial charge in [-0.1, -0.05) is 6.92 Å². The molecule has 0 saturated carbocycles. The van der Waals surface area contributed by atoms with Crippen LogP contribution in [0.1, 0.15) is 33.1 Å². The Hall–Kier alpha value is -0.610. The summed E-state index contributed by atoms with van der Waals surface area (Å²) >= 11 is 0. The van der Waals surface area contributed by atoms with Crippen molar-refractivity contribution < 1.29 is 4.79 Å². The molecule has 1 N–H and O–H groups in total. The van der Waals surface area contributed by atoms with Gasteiger partial charge in [0, 0.05) is 19.6 Å². The highest BCUT2D eigenvalue weighted by Crippen LogP contribution is 2.12. The quantitative estimate of drug-likeness (QED) is 0.751. The van der Waals surface area contributed by atoms with Crippen LogP contribution < -0.4 is 5.32 Å². The molecule has 17 heavy (non-hydrogen) atoms. The molecular formula is C13H27N3O. The van der Waals surface area contributed by atoms with Crippen molar-refractivity contribution in [3.63, 3.8) is 0 Å². The molecule has 1 heterocycles. The van der Waals surface area contributed by atoms with Crippen molar-refractivity contribution in [1.82, 2.24) is 15.1 Å². The Morgan fingerprint density at radius 2 is 1.94 bits per heavy atom. The molecule has 1 amide bonds. The van der Waals surface area contributed by atoms with E-state index in [0.717, 1.165) is 32.6 Å². The number of nitrogens with zero attached hydrogens (tertiary/aromatic N) is 2. The fourth-order valence-electron chi connectivity index (χ4n) is 2.32. The van der Waals surface area contributed by atoms with Crippen LogP contribution in [0, 0.1) is 0 Å². The van der Waals surface area contributed by atoms with E-state index in [1.165, 1.54) is 12.8 Å². The predicted octanol–water partition coefficient (Wildman–Crippen LogP) is 0.929. The standard InChI is InChI=1S/C13H27N3O/c1-4-10-16(11-13(17)15(3)5-2)12-6-8-14-9-7-12/h12,14H,4-11H2,1-3H3. The Balaban J connectivity index is 2.49. The average molecular weight is 241 g/mol. The zero-order valence-electron chi connectivity index (χ0n) is 11.5. The summed E-state index contributed by atoms with van der Waals surface area (Å²) in [6.45, 7) is 8.79. The summed E-state index contributed by atoms with van der Waals surface area (Å²) in [5, 5.41) is 3.38. The molecule has 4 nitrogen and oxygen atoms in total. The zero-order valence-corrected chi connectivity index (χ0v) is 11.5. The maximum absolute atomic E-state index is 12.0. The number of hydrogen-bond donors (Lipinski definition) is 1. The van der Waals surface area contributed by atoms with Gasteiger partial charge in [-0.2, -0.15) is 0 Å². The molecule has 1 rings (SSSR count).